The van der Waals surface area contributed by atoms with Gasteiger partial charge in [0.05, 0.1) is 0 Å². The zero-order valence-corrected chi connectivity index (χ0v) is 13.4. The minimum atomic E-state index is -0.320. The summed E-state index contributed by atoms with van der Waals surface area (Å²) in [6, 6.07) is 10.0. The lowest BCUT2D eigenvalue weighted by Crippen LogP contribution is -2.05. The highest BCUT2D eigenvalue weighted by atomic mass is 79.9. The van der Waals surface area contributed by atoms with Gasteiger partial charge in [0.15, 0.2) is 5.78 Å². The fourth-order valence-corrected chi connectivity index (χ4v) is 2.74. The van der Waals surface area contributed by atoms with Crippen molar-refractivity contribution in [3.8, 4) is 0 Å². The summed E-state index contributed by atoms with van der Waals surface area (Å²) >= 11 is 6.66. The lowest BCUT2D eigenvalue weighted by Gasteiger charge is -2.07. The molecule has 0 saturated carbocycles. The van der Waals surface area contributed by atoms with E-state index in [0.717, 1.165) is 15.6 Å². The number of benzene rings is 2. The smallest absolute Gasteiger partial charge is 0.168 e. The molecule has 0 saturated heterocycles. The third-order valence-electron chi connectivity index (χ3n) is 2.79. The first kappa shape index (κ1) is 14.4. The number of ketones is 1. The molecule has 0 aromatic heterocycles. The maximum atomic E-state index is 13.0. The third kappa shape index (κ3) is 3.51. The largest absolute Gasteiger partial charge is 0.294 e. The summed E-state index contributed by atoms with van der Waals surface area (Å²) in [7, 11) is 0. The first-order valence-corrected chi connectivity index (χ1v) is 7.29. The van der Waals surface area contributed by atoms with E-state index in [-0.39, 0.29) is 18.0 Å². The van der Waals surface area contributed by atoms with Crippen LogP contribution < -0.4 is 0 Å². The summed E-state index contributed by atoms with van der Waals surface area (Å²) in [4.78, 5) is 12.3. The molecule has 0 atom stereocenters. The molecular formula is C15H11Br2FO. The van der Waals surface area contributed by atoms with Gasteiger partial charge < -0.3 is 0 Å². The van der Waals surface area contributed by atoms with Gasteiger partial charge in [0.2, 0.25) is 0 Å². The summed E-state index contributed by atoms with van der Waals surface area (Å²) in [5.41, 5.74) is 2.46. The molecule has 0 aliphatic carbocycles. The van der Waals surface area contributed by atoms with E-state index in [1.807, 2.05) is 25.1 Å². The van der Waals surface area contributed by atoms with Gasteiger partial charge in [0.1, 0.15) is 5.82 Å². The minimum Gasteiger partial charge on any atom is -0.294 e. The molecule has 4 heteroatoms. The van der Waals surface area contributed by atoms with E-state index in [2.05, 4.69) is 31.9 Å². The van der Waals surface area contributed by atoms with Gasteiger partial charge in [-0.25, -0.2) is 4.39 Å². The van der Waals surface area contributed by atoms with Crippen LogP contribution in [0.2, 0.25) is 0 Å². The summed E-state index contributed by atoms with van der Waals surface area (Å²) < 4.78 is 14.4. The average Bonchev–Trinajstić information content (AvgIpc) is 2.35. The highest BCUT2D eigenvalue weighted by molar-refractivity contribution is 9.10. The molecule has 2 aromatic carbocycles. The molecule has 2 aromatic rings. The quantitative estimate of drug-likeness (QED) is 0.673. The molecule has 0 radical (unpaired) electrons. The van der Waals surface area contributed by atoms with Gasteiger partial charge in [-0.3, -0.25) is 4.79 Å². The van der Waals surface area contributed by atoms with Crippen LogP contribution in [-0.4, -0.2) is 5.78 Å². The van der Waals surface area contributed by atoms with Crippen LogP contribution in [0.5, 0.6) is 0 Å². The Kier molecular flexibility index (Phi) is 4.53. The van der Waals surface area contributed by atoms with Gasteiger partial charge >= 0.3 is 0 Å². The molecule has 0 unspecified atom stereocenters. The Morgan fingerprint density at radius 1 is 1.11 bits per heavy atom. The topological polar surface area (TPSA) is 17.1 Å². The Morgan fingerprint density at radius 2 is 1.84 bits per heavy atom. The Balaban J connectivity index is 2.28. The van der Waals surface area contributed by atoms with E-state index in [0.29, 0.717) is 10.0 Å². The first-order chi connectivity index (χ1) is 8.97. The third-order valence-corrected chi connectivity index (χ3v) is 4.22. The predicted octanol–water partition coefficient (Wildman–Crippen LogP) is 5.08. The first-order valence-electron chi connectivity index (χ1n) is 5.70. The number of aryl methyl sites for hydroxylation is 1. The number of halogens is 3. The van der Waals surface area contributed by atoms with Crippen molar-refractivity contribution in [3.63, 3.8) is 0 Å². The number of hydrogen-bond acceptors (Lipinski definition) is 1. The van der Waals surface area contributed by atoms with Crippen molar-refractivity contribution in [2.75, 3.05) is 0 Å². The van der Waals surface area contributed by atoms with Gasteiger partial charge in [0, 0.05) is 20.9 Å². The van der Waals surface area contributed by atoms with Crippen LogP contribution >= 0.6 is 31.9 Å². The average molecular weight is 386 g/mol. The lowest BCUT2D eigenvalue weighted by molar-refractivity contribution is 0.0992. The van der Waals surface area contributed by atoms with Crippen LogP contribution in [0.1, 0.15) is 21.5 Å². The standard InChI is InChI=1S/C15H11Br2FO/c1-9-2-5-13(16)12(6-9)15(19)7-10-3-4-11(18)8-14(10)17/h2-6,8H,7H2,1H3. The van der Waals surface area contributed by atoms with Gasteiger partial charge in [-0.2, -0.15) is 0 Å². The van der Waals surface area contributed by atoms with Crippen LogP contribution in [0.4, 0.5) is 4.39 Å². The molecular weight excluding hydrogens is 375 g/mol. The molecule has 0 spiro atoms. The molecule has 0 fully saturated rings. The van der Waals surface area contributed by atoms with E-state index in [1.165, 1.54) is 12.1 Å². The van der Waals surface area contributed by atoms with Crippen LogP contribution in [0.3, 0.4) is 0 Å². The number of carbonyl (C=O) groups is 1. The van der Waals surface area contributed by atoms with Crippen molar-refractivity contribution in [1.82, 2.24) is 0 Å². The van der Waals surface area contributed by atoms with Gasteiger partial charge in [-0.05, 0) is 36.8 Å². The van der Waals surface area contributed by atoms with E-state index in [4.69, 9.17) is 0 Å². The highest BCUT2D eigenvalue weighted by Crippen LogP contribution is 2.23. The molecule has 0 amide bonds. The summed E-state index contributed by atoms with van der Waals surface area (Å²) in [5.74, 6) is -0.317. The van der Waals surface area contributed by atoms with Crippen molar-refractivity contribution in [3.05, 3.63) is 67.9 Å². The number of carbonyl (C=O) groups excluding carboxylic acids is 1. The van der Waals surface area contributed by atoms with Crippen LogP contribution in [-0.2, 0) is 6.42 Å². The van der Waals surface area contributed by atoms with Gasteiger partial charge in [-0.15, -0.1) is 0 Å². The fraction of sp³-hybridized carbons (Fsp3) is 0.133. The van der Waals surface area contributed by atoms with Crippen molar-refractivity contribution in [2.24, 2.45) is 0 Å². The Morgan fingerprint density at radius 3 is 2.53 bits per heavy atom. The summed E-state index contributed by atoms with van der Waals surface area (Å²) in [6.07, 6.45) is 0.239. The SMILES string of the molecule is Cc1ccc(Br)c(C(=O)Cc2ccc(F)cc2Br)c1. The zero-order valence-electron chi connectivity index (χ0n) is 10.2. The molecule has 19 heavy (non-hydrogen) atoms. The van der Waals surface area contributed by atoms with E-state index < -0.39 is 0 Å². The highest BCUT2D eigenvalue weighted by Gasteiger charge is 2.13. The Labute approximate surface area is 128 Å². The zero-order chi connectivity index (χ0) is 14.0. The maximum absolute atomic E-state index is 13.0. The van der Waals surface area contributed by atoms with E-state index in [9.17, 15) is 9.18 Å². The van der Waals surface area contributed by atoms with Crippen LogP contribution in [0, 0.1) is 12.7 Å². The second-order valence-electron chi connectivity index (χ2n) is 4.32. The van der Waals surface area contributed by atoms with Crippen LogP contribution in [0.25, 0.3) is 0 Å². The molecule has 0 bridgehead atoms. The van der Waals surface area contributed by atoms with E-state index in [1.54, 1.807) is 6.07 Å². The number of hydrogen-bond donors (Lipinski definition) is 0. The Hall–Kier alpha value is -1.00. The molecule has 2 rings (SSSR count). The fourth-order valence-electron chi connectivity index (χ4n) is 1.79. The summed E-state index contributed by atoms with van der Waals surface area (Å²) in [6.45, 7) is 1.94. The van der Waals surface area contributed by atoms with Gasteiger partial charge in [0.25, 0.3) is 0 Å². The number of rotatable bonds is 3. The molecule has 0 aliphatic rings. The van der Waals surface area contributed by atoms with Crippen molar-refractivity contribution in [2.45, 2.75) is 13.3 Å². The normalized spacial score (nSPS) is 10.5. The number of Topliss-reactive ketones (excluding diaryl/α,β-unsaturated/α-hetero) is 1. The van der Waals surface area contributed by atoms with Crippen molar-refractivity contribution >= 4 is 37.6 Å². The van der Waals surface area contributed by atoms with Crippen molar-refractivity contribution < 1.29 is 9.18 Å². The second-order valence-corrected chi connectivity index (χ2v) is 6.03. The lowest BCUT2D eigenvalue weighted by atomic mass is 10.0. The van der Waals surface area contributed by atoms with Gasteiger partial charge in [-0.1, -0.05) is 49.6 Å². The molecule has 0 N–H and O–H groups in total. The molecule has 98 valence electrons. The monoisotopic (exact) mass is 384 g/mol. The maximum Gasteiger partial charge on any atom is 0.168 e. The summed E-state index contributed by atoms with van der Waals surface area (Å²) in [5, 5.41) is 0. The molecule has 0 aliphatic heterocycles. The van der Waals surface area contributed by atoms with Crippen molar-refractivity contribution in [1.29, 1.82) is 0 Å². The second kappa shape index (κ2) is 5.97. The molecule has 0 heterocycles. The minimum absolute atomic E-state index is 0.00267. The van der Waals surface area contributed by atoms with E-state index >= 15 is 0 Å². The molecule has 1 nitrogen and oxygen atoms in total. The van der Waals surface area contributed by atoms with Crippen LogP contribution in [0.15, 0.2) is 45.3 Å². The Bertz CT molecular complexity index is 638. The predicted molar refractivity (Wildman–Crippen MR) is 81.0 cm³/mol.